The quantitative estimate of drug-likeness (QED) is 0.143. The zero-order valence-corrected chi connectivity index (χ0v) is 31.1. The third-order valence-corrected chi connectivity index (χ3v) is 11.5. The normalized spacial score (nSPS) is 17.1. The molecule has 258 valence electrons. The van der Waals surface area contributed by atoms with E-state index in [1.54, 1.807) is 11.3 Å². The van der Waals surface area contributed by atoms with Gasteiger partial charge in [0.25, 0.3) is 0 Å². The summed E-state index contributed by atoms with van der Waals surface area (Å²) in [7, 11) is 2.05. The van der Waals surface area contributed by atoms with Crippen molar-refractivity contribution in [2.24, 2.45) is 13.0 Å². The molecule has 3 aromatic carbocycles. The Morgan fingerprint density at radius 1 is 1.04 bits per heavy atom. The second-order valence-corrected chi connectivity index (χ2v) is 16.3. The van der Waals surface area contributed by atoms with E-state index in [4.69, 9.17) is 31.2 Å². The summed E-state index contributed by atoms with van der Waals surface area (Å²) in [5.74, 6) is 0.963. The fourth-order valence-electron chi connectivity index (χ4n) is 7.53. The van der Waals surface area contributed by atoms with Gasteiger partial charge in [0.1, 0.15) is 5.01 Å². The van der Waals surface area contributed by atoms with Gasteiger partial charge in [0, 0.05) is 46.6 Å². The maximum atomic E-state index is 13.6. The Kier molecular flexibility index (Phi) is 9.61. The summed E-state index contributed by atoms with van der Waals surface area (Å²) in [6.45, 7) is 13.6. The lowest BCUT2D eigenvalue weighted by Gasteiger charge is -2.36. The highest BCUT2D eigenvalue weighted by Gasteiger charge is 2.34. The largest absolute Gasteiger partial charge is 0.464 e. The number of aromatic nitrogens is 3. The monoisotopic (exact) mass is 698 g/mol. The molecule has 3 heterocycles. The molecule has 0 radical (unpaired) electrons. The van der Waals surface area contributed by atoms with Gasteiger partial charge in [0.05, 0.1) is 33.6 Å². The molecule has 5 aromatic rings. The molecule has 7 nitrogen and oxygen atoms in total. The number of carbonyl (C=O) groups is 1. The number of likely N-dealkylation sites (tertiary alicyclic amines) is 1. The predicted octanol–water partition coefficient (Wildman–Crippen LogP) is 9.88. The summed E-state index contributed by atoms with van der Waals surface area (Å²) < 4.78 is 15.1. The highest BCUT2D eigenvalue weighted by molar-refractivity contribution is 7.22. The number of benzene rings is 3. The number of ether oxygens (including phenoxy) is 2. The number of aryl methyl sites for hydroxylation is 2. The molecule has 0 amide bonds. The molecule has 0 bridgehead atoms. The lowest BCUT2D eigenvalue weighted by Crippen LogP contribution is -2.38. The Balaban J connectivity index is 1.31. The summed E-state index contributed by atoms with van der Waals surface area (Å²) in [6.07, 6.45) is 5.59. The molecule has 0 unspecified atom stereocenters. The molecule has 0 N–H and O–H groups in total. The van der Waals surface area contributed by atoms with Crippen molar-refractivity contribution in [3.8, 4) is 21.7 Å². The van der Waals surface area contributed by atoms with Crippen molar-refractivity contribution in [3.63, 3.8) is 0 Å². The van der Waals surface area contributed by atoms with Crippen LogP contribution in [0.25, 0.3) is 42.8 Å². The van der Waals surface area contributed by atoms with Crippen molar-refractivity contribution in [1.29, 1.82) is 0 Å². The van der Waals surface area contributed by atoms with E-state index in [0.717, 1.165) is 80.4 Å². The Bertz CT molecular complexity index is 1980. The van der Waals surface area contributed by atoms with Crippen LogP contribution >= 0.6 is 22.9 Å². The topological polar surface area (TPSA) is 69.5 Å². The minimum absolute atomic E-state index is 0.267. The second-order valence-electron chi connectivity index (χ2n) is 14.8. The van der Waals surface area contributed by atoms with E-state index in [0.29, 0.717) is 10.9 Å². The van der Waals surface area contributed by atoms with Crippen LogP contribution < -0.4 is 0 Å². The lowest BCUT2D eigenvalue weighted by atomic mass is 9.84. The molecule has 49 heavy (non-hydrogen) atoms. The average Bonchev–Trinajstić information content (AvgIpc) is 3.62. The maximum absolute atomic E-state index is 13.6. The van der Waals surface area contributed by atoms with Crippen LogP contribution in [-0.4, -0.2) is 57.5 Å². The van der Waals surface area contributed by atoms with Gasteiger partial charge >= 0.3 is 5.97 Å². The standard InChI is InChI=1S/C40H47ClN4O3S/c1-7-47-39(46)36(48-40(3,4)5)33-24(2)21-31-37(34(33)26-11-14-29(41)15-12-26)49-38(42-31)28-13-16-32-30(22-28)35(43-44(32)6)27-17-19-45(20-18-27)23-25-9-8-10-25/h11-16,21-22,25,27,36H,7-10,17-20,23H2,1-6H3/t36-/m0/s1. The first-order valence-electron chi connectivity index (χ1n) is 17.7. The molecule has 7 rings (SSSR count). The first-order chi connectivity index (χ1) is 23.5. The van der Waals surface area contributed by atoms with Crippen molar-refractivity contribution >= 4 is 50.0 Å². The van der Waals surface area contributed by atoms with Gasteiger partial charge in [-0.25, -0.2) is 9.78 Å². The number of hydrogen-bond acceptors (Lipinski definition) is 7. The van der Waals surface area contributed by atoms with Gasteiger partial charge in [-0.15, -0.1) is 11.3 Å². The molecule has 1 saturated heterocycles. The minimum Gasteiger partial charge on any atom is -0.464 e. The van der Waals surface area contributed by atoms with E-state index in [-0.39, 0.29) is 6.61 Å². The molecule has 2 aliphatic rings. The number of thiazole rings is 1. The van der Waals surface area contributed by atoms with Crippen molar-refractivity contribution in [2.75, 3.05) is 26.2 Å². The Morgan fingerprint density at radius 2 is 1.76 bits per heavy atom. The number of nitrogens with zero attached hydrogens (tertiary/aromatic N) is 4. The van der Waals surface area contributed by atoms with Crippen LogP contribution in [0.4, 0.5) is 0 Å². The van der Waals surface area contributed by atoms with Crippen LogP contribution in [0.1, 0.15) is 88.6 Å². The zero-order chi connectivity index (χ0) is 34.4. The molecular weight excluding hydrogens is 652 g/mol. The smallest absolute Gasteiger partial charge is 0.339 e. The number of halogens is 1. The van der Waals surface area contributed by atoms with Crippen LogP contribution in [0.15, 0.2) is 48.5 Å². The third kappa shape index (κ3) is 7.03. The highest BCUT2D eigenvalue weighted by Crippen LogP contribution is 2.45. The SMILES string of the molecule is CCOC(=O)[C@@H](OC(C)(C)C)c1c(C)cc2nc(-c3ccc4c(c3)c(C3CCN(CC5CCC5)CC3)nn4C)sc2c1-c1ccc(Cl)cc1. The summed E-state index contributed by atoms with van der Waals surface area (Å²) >= 11 is 7.99. The Morgan fingerprint density at radius 3 is 2.41 bits per heavy atom. The second kappa shape index (κ2) is 13.8. The molecule has 1 aliphatic carbocycles. The number of carbonyl (C=O) groups excluding carboxylic acids is 1. The fourth-order valence-corrected chi connectivity index (χ4v) is 8.78. The van der Waals surface area contributed by atoms with Gasteiger partial charge in [-0.3, -0.25) is 4.68 Å². The summed E-state index contributed by atoms with van der Waals surface area (Å²) in [5, 5.41) is 7.87. The molecule has 1 atom stereocenters. The van der Waals surface area contributed by atoms with Gasteiger partial charge in [-0.05, 0) is 127 Å². The van der Waals surface area contributed by atoms with Crippen LogP contribution in [0.3, 0.4) is 0 Å². The Hall–Kier alpha value is -3.30. The van der Waals surface area contributed by atoms with E-state index >= 15 is 0 Å². The Labute approximate surface area is 298 Å². The number of rotatable bonds is 9. The van der Waals surface area contributed by atoms with Gasteiger partial charge in [-0.2, -0.15) is 5.10 Å². The fraction of sp³-hybridized carbons (Fsp3) is 0.475. The van der Waals surface area contributed by atoms with E-state index < -0.39 is 17.7 Å². The average molecular weight is 699 g/mol. The highest BCUT2D eigenvalue weighted by atomic mass is 35.5. The van der Waals surface area contributed by atoms with Gasteiger partial charge in [0.2, 0.25) is 0 Å². The molecular formula is C40H47ClN4O3S. The number of hydrogen-bond donors (Lipinski definition) is 0. The van der Waals surface area contributed by atoms with Crippen molar-refractivity contribution < 1.29 is 14.3 Å². The molecule has 0 spiro atoms. The van der Waals surface area contributed by atoms with Gasteiger partial charge < -0.3 is 14.4 Å². The molecule has 1 saturated carbocycles. The predicted molar refractivity (Wildman–Crippen MR) is 200 cm³/mol. The number of esters is 1. The molecule has 9 heteroatoms. The van der Waals surface area contributed by atoms with Crippen molar-refractivity contribution in [3.05, 3.63) is 70.4 Å². The minimum atomic E-state index is -0.907. The first kappa shape index (κ1) is 34.2. The van der Waals surface area contributed by atoms with Crippen LogP contribution in [0.2, 0.25) is 5.02 Å². The van der Waals surface area contributed by atoms with Crippen LogP contribution in [0, 0.1) is 12.8 Å². The molecule has 2 fully saturated rings. The lowest BCUT2D eigenvalue weighted by molar-refractivity contribution is -0.166. The zero-order valence-electron chi connectivity index (χ0n) is 29.5. The van der Waals surface area contributed by atoms with E-state index in [2.05, 4.69) is 36.2 Å². The van der Waals surface area contributed by atoms with E-state index in [9.17, 15) is 4.79 Å². The number of fused-ring (bicyclic) bond motifs is 2. The number of piperidine rings is 1. The van der Waals surface area contributed by atoms with Gasteiger partial charge in [0.15, 0.2) is 6.10 Å². The van der Waals surface area contributed by atoms with Crippen LogP contribution in [-0.2, 0) is 21.3 Å². The summed E-state index contributed by atoms with van der Waals surface area (Å²) in [4.78, 5) is 21.4. The van der Waals surface area contributed by atoms with Crippen molar-refractivity contribution in [2.45, 2.75) is 84.3 Å². The van der Waals surface area contributed by atoms with Gasteiger partial charge in [-0.1, -0.05) is 30.2 Å². The molecule has 2 aromatic heterocycles. The third-order valence-electron chi connectivity index (χ3n) is 10.1. The summed E-state index contributed by atoms with van der Waals surface area (Å²) in [6, 6.07) is 16.5. The van der Waals surface area contributed by atoms with E-state index in [1.807, 2.05) is 63.6 Å². The van der Waals surface area contributed by atoms with E-state index in [1.165, 1.54) is 36.9 Å². The first-order valence-corrected chi connectivity index (χ1v) is 18.9. The van der Waals surface area contributed by atoms with Crippen molar-refractivity contribution in [1.82, 2.24) is 19.7 Å². The van der Waals surface area contributed by atoms with Crippen LogP contribution in [0.5, 0.6) is 0 Å². The maximum Gasteiger partial charge on any atom is 0.339 e. The summed E-state index contributed by atoms with van der Waals surface area (Å²) in [5.41, 5.74) is 7.32. The molecule has 1 aliphatic heterocycles.